The second-order valence-electron chi connectivity index (χ2n) is 7.06. The van der Waals surface area contributed by atoms with Gasteiger partial charge in [0.05, 0.1) is 22.1 Å². The van der Waals surface area contributed by atoms with Gasteiger partial charge in [-0.25, -0.2) is 4.68 Å². The molecule has 0 spiro atoms. The highest BCUT2D eigenvalue weighted by Crippen LogP contribution is 2.23. The zero-order chi connectivity index (χ0) is 19.7. The normalized spacial score (nSPS) is 14.4. The van der Waals surface area contributed by atoms with E-state index in [2.05, 4.69) is 22.1 Å². The fourth-order valence-electron chi connectivity index (χ4n) is 3.61. The van der Waals surface area contributed by atoms with Crippen LogP contribution in [0, 0.1) is 13.8 Å². The number of aryl methyl sites for hydroxylation is 1. The van der Waals surface area contributed by atoms with Crippen LogP contribution in [0.4, 0.5) is 5.69 Å². The third-order valence-electron chi connectivity index (χ3n) is 5.25. The number of amides is 1. The van der Waals surface area contributed by atoms with Crippen molar-refractivity contribution in [2.24, 2.45) is 0 Å². The minimum atomic E-state index is 0.0747. The number of aromatic nitrogens is 2. The first-order valence-electron chi connectivity index (χ1n) is 9.46. The highest BCUT2D eigenvalue weighted by Gasteiger charge is 2.22. The summed E-state index contributed by atoms with van der Waals surface area (Å²) in [7, 11) is 0. The van der Waals surface area contributed by atoms with Gasteiger partial charge >= 0.3 is 0 Å². The van der Waals surface area contributed by atoms with Gasteiger partial charge in [0.2, 0.25) is 0 Å². The van der Waals surface area contributed by atoms with Crippen molar-refractivity contribution >= 4 is 23.2 Å². The number of benzene rings is 2. The average Bonchev–Trinajstić information content (AvgIpc) is 3.01. The summed E-state index contributed by atoms with van der Waals surface area (Å²) in [5, 5.41) is 5.14. The molecule has 1 fully saturated rings. The third kappa shape index (κ3) is 3.50. The van der Waals surface area contributed by atoms with Gasteiger partial charge in [-0.1, -0.05) is 29.8 Å². The van der Waals surface area contributed by atoms with Gasteiger partial charge in [-0.15, -0.1) is 0 Å². The lowest BCUT2D eigenvalue weighted by Gasteiger charge is -2.36. The van der Waals surface area contributed by atoms with Crippen molar-refractivity contribution in [1.82, 2.24) is 14.7 Å². The van der Waals surface area contributed by atoms with Crippen LogP contribution in [0.3, 0.4) is 0 Å². The van der Waals surface area contributed by atoms with Gasteiger partial charge in [0, 0.05) is 37.4 Å². The Hall–Kier alpha value is -2.79. The molecular formula is C22H23ClN4O. The molecule has 0 bridgehead atoms. The molecule has 2 heterocycles. The van der Waals surface area contributed by atoms with Crippen molar-refractivity contribution in [2.75, 3.05) is 31.1 Å². The van der Waals surface area contributed by atoms with E-state index in [4.69, 9.17) is 11.6 Å². The molecule has 5 nitrogen and oxygen atoms in total. The number of halogens is 1. The van der Waals surface area contributed by atoms with Gasteiger partial charge in [-0.05, 0) is 50.2 Å². The van der Waals surface area contributed by atoms with E-state index in [0.29, 0.717) is 10.6 Å². The minimum Gasteiger partial charge on any atom is -0.368 e. The van der Waals surface area contributed by atoms with Crippen molar-refractivity contribution in [3.63, 3.8) is 0 Å². The van der Waals surface area contributed by atoms with E-state index in [0.717, 1.165) is 43.3 Å². The monoisotopic (exact) mass is 394 g/mol. The van der Waals surface area contributed by atoms with Gasteiger partial charge in [-0.2, -0.15) is 5.10 Å². The Morgan fingerprint density at radius 2 is 1.54 bits per heavy atom. The molecular weight excluding hydrogens is 372 g/mol. The molecule has 1 aliphatic rings. The summed E-state index contributed by atoms with van der Waals surface area (Å²) in [6.45, 7) is 6.97. The molecule has 1 aromatic heterocycles. The van der Waals surface area contributed by atoms with Gasteiger partial charge in [0.25, 0.3) is 5.91 Å². The summed E-state index contributed by atoms with van der Waals surface area (Å²) in [5.41, 5.74) is 4.51. The van der Waals surface area contributed by atoms with Crippen molar-refractivity contribution in [1.29, 1.82) is 0 Å². The quantitative estimate of drug-likeness (QED) is 0.671. The van der Waals surface area contributed by atoms with Crippen LogP contribution in [-0.2, 0) is 0 Å². The first-order chi connectivity index (χ1) is 13.5. The smallest absolute Gasteiger partial charge is 0.253 e. The summed E-state index contributed by atoms with van der Waals surface area (Å²) in [5.74, 6) is 0.0747. The lowest BCUT2D eigenvalue weighted by Crippen LogP contribution is -2.48. The van der Waals surface area contributed by atoms with E-state index in [9.17, 15) is 4.79 Å². The molecule has 0 atom stereocenters. The summed E-state index contributed by atoms with van der Waals surface area (Å²) in [6.07, 6.45) is 0. The number of hydrogen-bond donors (Lipinski definition) is 0. The van der Waals surface area contributed by atoms with Gasteiger partial charge in [0.15, 0.2) is 0 Å². The molecule has 28 heavy (non-hydrogen) atoms. The Balaban J connectivity index is 1.44. The van der Waals surface area contributed by atoms with E-state index in [1.165, 1.54) is 5.69 Å². The molecule has 144 valence electrons. The molecule has 4 rings (SSSR count). The molecule has 1 aliphatic heterocycles. The lowest BCUT2D eigenvalue weighted by atomic mass is 10.1. The largest absolute Gasteiger partial charge is 0.368 e. The summed E-state index contributed by atoms with van der Waals surface area (Å²) in [4.78, 5) is 17.1. The summed E-state index contributed by atoms with van der Waals surface area (Å²) >= 11 is 6.24. The Morgan fingerprint density at radius 3 is 2.11 bits per heavy atom. The Kier molecular flexibility index (Phi) is 5.09. The number of carbonyl (C=O) groups excluding carboxylic acids is 1. The molecule has 6 heteroatoms. The number of anilines is 1. The van der Waals surface area contributed by atoms with Gasteiger partial charge < -0.3 is 9.80 Å². The SMILES string of the molecule is Cc1nn(-c2ccc(C(=O)N3CCN(c4ccccc4)CC3)cc2)c(C)c1Cl. The van der Waals surface area contributed by atoms with Crippen molar-refractivity contribution < 1.29 is 4.79 Å². The number of nitrogens with zero attached hydrogens (tertiary/aromatic N) is 4. The fraction of sp³-hybridized carbons (Fsp3) is 0.273. The van der Waals surface area contributed by atoms with E-state index >= 15 is 0 Å². The first kappa shape index (κ1) is 18.6. The van der Waals surface area contributed by atoms with Crippen molar-refractivity contribution in [3.05, 3.63) is 76.6 Å². The van der Waals surface area contributed by atoms with E-state index < -0.39 is 0 Å². The maximum atomic E-state index is 12.9. The summed E-state index contributed by atoms with van der Waals surface area (Å²) < 4.78 is 1.81. The molecule has 0 unspecified atom stereocenters. The number of piperazine rings is 1. The zero-order valence-electron chi connectivity index (χ0n) is 16.1. The first-order valence-corrected chi connectivity index (χ1v) is 9.84. The van der Waals surface area contributed by atoms with Crippen molar-refractivity contribution in [3.8, 4) is 5.69 Å². The molecule has 0 radical (unpaired) electrons. The standard InChI is InChI=1S/C22H23ClN4O/c1-16-21(23)17(2)27(24-16)20-10-8-18(9-11-20)22(28)26-14-12-25(13-15-26)19-6-4-3-5-7-19/h3-11H,12-15H2,1-2H3. The lowest BCUT2D eigenvalue weighted by molar-refractivity contribution is 0.0747. The second kappa shape index (κ2) is 7.68. The Morgan fingerprint density at radius 1 is 0.893 bits per heavy atom. The van der Waals surface area contributed by atoms with Crippen LogP contribution >= 0.6 is 11.6 Å². The maximum Gasteiger partial charge on any atom is 0.253 e. The number of hydrogen-bond acceptors (Lipinski definition) is 3. The molecule has 0 saturated carbocycles. The Bertz CT molecular complexity index is 974. The molecule has 1 saturated heterocycles. The summed E-state index contributed by atoms with van der Waals surface area (Å²) in [6, 6.07) is 17.9. The van der Waals surface area contributed by atoms with E-state index in [1.807, 2.05) is 65.9 Å². The fourth-order valence-corrected chi connectivity index (χ4v) is 3.73. The molecule has 3 aromatic rings. The van der Waals surface area contributed by atoms with Crippen LogP contribution in [-0.4, -0.2) is 46.8 Å². The van der Waals surface area contributed by atoms with Gasteiger partial charge in [0.1, 0.15) is 0 Å². The number of para-hydroxylation sites is 1. The van der Waals surface area contributed by atoms with Crippen LogP contribution in [0.25, 0.3) is 5.69 Å². The number of rotatable bonds is 3. The molecule has 0 aliphatic carbocycles. The van der Waals surface area contributed by atoms with E-state index in [-0.39, 0.29) is 5.91 Å². The molecule has 0 N–H and O–H groups in total. The third-order valence-corrected chi connectivity index (χ3v) is 5.80. The van der Waals surface area contributed by atoms with Crippen LogP contribution in [0.1, 0.15) is 21.7 Å². The average molecular weight is 395 g/mol. The predicted octanol–water partition coefficient (Wildman–Crippen LogP) is 4.10. The molecule has 1 amide bonds. The zero-order valence-corrected chi connectivity index (χ0v) is 16.9. The minimum absolute atomic E-state index is 0.0747. The highest BCUT2D eigenvalue weighted by atomic mass is 35.5. The van der Waals surface area contributed by atoms with Crippen molar-refractivity contribution in [2.45, 2.75) is 13.8 Å². The molecule has 2 aromatic carbocycles. The predicted molar refractivity (Wildman–Crippen MR) is 113 cm³/mol. The van der Waals surface area contributed by atoms with Crippen LogP contribution < -0.4 is 4.90 Å². The number of carbonyl (C=O) groups is 1. The van der Waals surface area contributed by atoms with Gasteiger partial charge in [-0.3, -0.25) is 4.79 Å². The second-order valence-corrected chi connectivity index (χ2v) is 7.44. The van der Waals surface area contributed by atoms with Crippen LogP contribution in [0.5, 0.6) is 0 Å². The van der Waals surface area contributed by atoms with E-state index in [1.54, 1.807) is 0 Å². The van der Waals surface area contributed by atoms with Crippen LogP contribution in [0.2, 0.25) is 5.02 Å². The maximum absolute atomic E-state index is 12.9. The highest BCUT2D eigenvalue weighted by molar-refractivity contribution is 6.31. The van der Waals surface area contributed by atoms with Crippen LogP contribution in [0.15, 0.2) is 54.6 Å². The Labute approximate surface area is 170 Å². The topological polar surface area (TPSA) is 41.4 Å².